The Morgan fingerprint density at radius 1 is 1.39 bits per heavy atom. The van der Waals surface area contributed by atoms with Crippen molar-refractivity contribution in [3.05, 3.63) is 29.6 Å². The summed E-state index contributed by atoms with van der Waals surface area (Å²) in [5.41, 5.74) is 1.28. The summed E-state index contributed by atoms with van der Waals surface area (Å²) in [4.78, 5) is 2.24. The molecule has 1 fully saturated rings. The molecule has 0 radical (unpaired) electrons. The van der Waals surface area contributed by atoms with Crippen molar-refractivity contribution in [1.29, 1.82) is 0 Å². The molecule has 18 heavy (non-hydrogen) atoms. The van der Waals surface area contributed by atoms with Crippen molar-refractivity contribution < 1.29 is 9.50 Å². The van der Waals surface area contributed by atoms with E-state index in [-0.39, 0.29) is 5.82 Å². The summed E-state index contributed by atoms with van der Waals surface area (Å²) < 4.78 is 13.9. The van der Waals surface area contributed by atoms with Gasteiger partial charge in [0, 0.05) is 23.8 Å². The molecule has 1 aromatic carbocycles. The van der Waals surface area contributed by atoms with Gasteiger partial charge in [-0.2, -0.15) is 0 Å². The molecule has 100 valence electrons. The maximum absolute atomic E-state index is 13.9. The number of rotatable bonds is 2. The number of hydrogen-bond acceptors (Lipinski definition) is 2. The van der Waals surface area contributed by atoms with Gasteiger partial charge in [0.1, 0.15) is 5.82 Å². The van der Waals surface area contributed by atoms with Crippen LogP contribution in [0.5, 0.6) is 0 Å². The Balaban J connectivity index is 2.41. The number of piperidine rings is 1. The van der Waals surface area contributed by atoms with E-state index < -0.39 is 6.10 Å². The van der Waals surface area contributed by atoms with Gasteiger partial charge in [-0.05, 0) is 44.7 Å². The predicted octanol–water partition coefficient (Wildman–Crippen LogP) is 3.50. The fourth-order valence-corrected chi connectivity index (χ4v) is 2.87. The molecule has 2 nitrogen and oxygen atoms in total. The van der Waals surface area contributed by atoms with E-state index in [1.165, 1.54) is 12.5 Å². The van der Waals surface area contributed by atoms with E-state index in [4.69, 9.17) is 0 Å². The van der Waals surface area contributed by atoms with E-state index in [0.29, 0.717) is 17.5 Å². The molecule has 0 aromatic heterocycles. The van der Waals surface area contributed by atoms with Crippen LogP contribution in [0.2, 0.25) is 0 Å². The quantitative estimate of drug-likeness (QED) is 0.869. The number of nitrogens with zero attached hydrogens (tertiary/aromatic N) is 1. The number of aliphatic hydroxyl groups is 1. The number of anilines is 1. The molecule has 1 heterocycles. The Labute approximate surface area is 108 Å². The van der Waals surface area contributed by atoms with Crippen LogP contribution < -0.4 is 4.90 Å². The third-order valence-corrected chi connectivity index (χ3v) is 4.13. The van der Waals surface area contributed by atoms with E-state index in [2.05, 4.69) is 18.7 Å². The van der Waals surface area contributed by atoms with E-state index >= 15 is 0 Å². The van der Waals surface area contributed by atoms with Crippen molar-refractivity contribution in [2.24, 2.45) is 5.92 Å². The Morgan fingerprint density at radius 3 is 2.78 bits per heavy atom. The lowest BCUT2D eigenvalue weighted by molar-refractivity contribution is 0.194. The third-order valence-electron chi connectivity index (χ3n) is 4.13. The number of halogens is 1. The van der Waals surface area contributed by atoms with Crippen molar-refractivity contribution in [3.63, 3.8) is 0 Å². The molecule has 1 aromatic rings. The molecular weight excluding hydrogens is 229 g/mol. The molecule has 3 atom stereocenters. The molecule has 3 heteroatoms. The topological polar surface area (TPSA) is 23.5 Å². The van der Waals surface area contributed by atoms with E-state index in [1.807, 2.05) is 6.07 Å². The maximum atomic E-state index is 13.9. The van der Waals surface area contributed by atoms with Gasteiger partial charge in [-0.1, -0.05) is 13.0 Å². The van der Waals surface area contributed by atoms with Crippen molar-refractivity contribution in [1.82, 2.24) is 0 Å². The van der Waals surface area contributed by atoms with Gasteiger partial charge in [-0.25, -0.2) is 4.39 Å². The maximum Gasteiger partial charge on any atom is 0.131 e. The summed E-state index contributed by atoms with van der Waals surface area (Å²) in [5, 5.41) is 9.80. The molecule has 3 unspecified atom stereocenters. The second-order valence-electron chi connectivity index (χ2n) is 5.40. The Morgan fingerprint density at radius 2 is 2.11 bits per heavy atom. The highest BCUT2D eigenvalue weighted by molar-refractivity contribution is 5.56. The molecular formula is C15H22FNO. The number of hydrogen-bond donors (Lipinski definition) is 1. The molecule has 0 saturated carbocycles. The van der Waals surface area contributed by atoms with Gasteiger partial charge in [0.2, 0.25) is 0 Å². The van der Waals surface area contributed by atoms with Crippen molar-refractivity contribution in [2.45, 2.75) is 45.8 Å². The van der Waals surface area contributed by atoms with Gasteiger partial charge in [0.15, 0.2) is 0 Å². The normalized spacial score (nSPS) is 26.2. The zero-order chi connectivity index (χ0) is 13.3. The van der Waals surface area contributed by atoms with Crippen LogP contribution >= 0.6 is 0 Å². The first-order valence-electron chi connectivity index (χ1n) is 6.75. The first-order valence-corrected chi connectivity index (χ1v) is 6.75. The fourth-order valence-electron chi connectivity index (χ4n) is 2.87. The molecule has 0 spiro atoms. The van der Waals surface area contributed by atoms with Crippen LogP contribution in [0.3, 0.4) is 0 Å². The van der Waals surface area contributed by atoms with Crippen LogP contribution in [0, 0.1) is 11.7 Å². The Hall–Kier alpha value is -1.09. The summed E-state index contributed by atoms with van der Waals surface area (Å²) in [6.45, 7) is 6.98. The van der Waals surface area contributed by atoms with E-state index in [1.54, 1.807) is 13.0 Å². The molecule has 1 N–H and O–H groups in total. The van der Waals surface area contributed by atoms with Crippen LogP contribution in [0.15, 0.2) is 18.2 Å². The van der Waals surface area contributed by atoms with Crippen LogP contribution in [0.4, 0.5) is 10.1 Å². The second-order valence-corrected chi connectivity index (χ2v) is 5.40. The number of benzene rings is 1. The SMILES string of the molecule is CC(O)c1c(F)cccc1N1CCCC(C)C1C. The fraction of sp³-hybridized carbons (Fsp3) is 0.600. The second kappa shape index (κ2) is 5.27. The summed E-state index contributed by atoms with van der Waals surface area (Å²) >= 11 is 0. The molecule has 0 aliphatic carbocycles. The summed E-state index contributed by atoms with van der Waals surface area (Å²) in [5.74, 6) is 0.289. The van der Waals surface area contributed by atoms with Gasteiger partial charge in [0.25, 0.3) is 0 Å². The highest BCUT2D eigenvalue weighted by atomic mass is 19.1. The smallest absolute Gasteiger partial charge is 0.131 e. The number of aliphatic hydroxyl groups excluding tert-OH is 1. The molecule has 2 rings (SSSR count). The van der Waals surface area contributed by atoms with Gasteiger partial charge in [0.05, 0.1) is 6.10 Å². The van der Waals surface area contributed by atoms with Gasteiger partial charge in [-0.3, -0.25) is 0 Å². The van der Waals surface area contributed by atoms with Crippen LogP contribution in [-0.2, 0) is 0 Å². The summed E-state index contributed by atoms with van der Waals surface area (Å²) in [6.07, 6.45) is 1.57. The minimum absolute atomic E-state index is 0.312. The van der Waals surface area contributed by atoms with Crippen LogP contribution in [-0.4, -0.2) is 17.7 Å². The highest BCUT2D eigenvalue weighted by Crippen LogP contribution is 2.34. The molecule has 0 bridgehead atoms. The Bertz CT molecular complexity index is 419. The molecule has 1 saturated heterocycles. The average Bonchev–Trinajstić information content (AvgIpc) is 2.32. The van der Waals surface area contributed by atoms with Crippen LogP contribution in [0.1, 0.15) is 45.3 Å². The Kier molecular flexibility index (Phi) is 3.91. The van der Waals surface area contributed by atoms with Crippen LogP contribution in [0.25, 0.3) is 0 Å². The standard InChI is InChI=1S/C15H22FNO/c1-10-6-5-9-17(11(10)2)14-8-4-7-13(16)15(14)12(3)18/h4,7-8,10-12,18H,5-6,9H2,1-3H3. The minimum atomic E-state index is -0.773. The van der Waals surface area contributed by atoms with Crippen molar-refractivity contribution in [2.75, 3.05) is 11.4 Å². The first kappa shape index (κ1) is 13.3. The average molecular weight is 251 g/mol. The van der Waals surface area contributed by atoms with Gasteiger partial charge < -0.3 is 10.0 Å². The molecule has 0 amide bonds. The lowest BCUT2D eigenvalue weighted by atomic mass is 9.90. The van der Waals surface area contributed by atoms with Crippen molar-refractivity contribution >= 4 is 5.69 Å². The molecule has 1 aliphatic heterocycles. The lowest BCUT2D eigenvalue weighted by Gasteiger charge is -2.41. The summed E-state index contributed by atoms with van der Waals surface area (Å²) in [7, 11) is 0. The monoisotopic (exact) mass is 251 g/mol. The highest BCUT2D eigenvalue weighted by Gasteiger charge is 2.28. The van der Waals surface area contributed by atoms with Gasteiger partial charge in [-0.15, -0.1) is 0 Å². The zero-order valence-electron chi connectivity index (χ0n) is 11.4. The van der Waals surface area contributed by atoms with Gasteiger partial charge >= 0.3 is 0 Å². The first-order chi connectivity index (χ1) is 8.52. The predicted molar refractivity (Wildman–Crippen MR) is 72.2 cm³/mol. The summed E-state index contributed by atoms with van der Waals surface area (Å²) in [6, 6.07) is 5.45. The minimum Gasteiger partial charge on any atom is -0.389 e. The van der Waals surface area contributed by atoms with E-state index in [0.717, 1.165) is 18.7 Å². The lowest BCUT2D eigenvalue weighted by Crippen LogP contribution is -2.43. The van der Waals surface area contributed by atoms with Crippen molar-refractivity contribution in [3.8, 4) is 0 Å². The van der Waals surface area contributed by atoms with E-state index in [9.17, 15) is 9.50 Å². The zero-order valence-corrected chi connectivity index (χ0v) is 11.4. The largest absolute Gasteiger partial charge is 0.389 e. The third kappa shape index (κ3) is 2.37. The molecule has 1 aliphatic rings.